The second-order valence-electron chi connectivity index (χ2n) is 5.69. The Labute approximate surface area is 119 Å². The van der Waals surface area contributed by atoms with Crippen LogP contribution in [0.4, 0.5) is 0 Å². The number of unbranched alkanes of at least 4 members (excludes halogenated alkanes) is 3. The van der Waals surface area contributed by atoms with Crippen molar-refractivity contribution in [2.24, 2.45) is 10.9 Å². The number of nitrogens with one attached hydrogen (secondary N) is 2. The van der Waals surface area contributed by atoms with Gasteiger partial charge in [-0.15, -0.1) is 0 Å². The summed E-state index contributed by atoms with van der Waals surface area (Å²) in [5.41, 5.74) is 0. The number of hydrogen-bond acceptors (Lipinski definition) is 2. The molecule has 2 N–H and O–H groups in total. The first-order chi connectivity index (χ1) is 9.26. The zero-order valence-electron chi connectivity index (χ0n) is 13.0. The average Bonchev–Trinajstić information content (AvgIpc) is 2.44. The maximum Gasteiger partial charge on any atom is 0.190 e. The van der Waals surface area contributed by atoms with E-state index in [-0.39, 0.29) is 0 Å². The van der Waals surface area contributed by atoms with Crippen LogP contribution >= 0.6 is 0 Å². The molecule has 0 amide bonds. The maximum atomic E-state index is 4.29. The highest BCUT2D eigenvalue weighted by Gasteiger charge is 2.16. The number of aliphatic imine (C=N–C) groups is 1. The predicted molar refractivity (Wildman–Crippen MR) is 83.7 cm³/mol. The summed E-state index contributed by atoms with van der Waals surface area (Å²) in [6.07, 6.45) is 7.79. The van der Waals surface area contributed by atoms with Crippen molar-refractivity contribution < 1.29 is 0 Å². The number of piperidine rings is 1. The lowest BCUT2D eigenvalue weighted by Gasteiger charge is -2.29. The fourth-order valence-corrected chi connectivity index (χ4v) is 2.49. The third-order valence-corrected chi connectivity index (χ3v) is 3.94. The highest BCUT2D eigenvalue weighted by molar-refractivity contribution is 5.79. The molecule has 0 unspecified atom stereocenters. The second-order valence-corrected chi connectivity index (χ2v) is 5.69. The third kappa shape index (κ3) is 7.41. The highest BCUT2D eigenvalue weighted by atomic mass is 15.2. The second kappa shape index (κ2) is 10.1. The topological polar surface area (TPSA) is 39.7 Å². The van der Waals surface area contributed by atoms with Gasteiger partial charge in [0, 0.05) is 20.1 Å². The molecule has 4 nitrogen and oxygen atoms in total. The van der Waals surface area contributed by atoms with Crippen LogP contribution in [-0.4, -0.2) is 51.1 Å². The number of nitrogens with zero attached hydrogens (tertiary/aromatic N) is 2. The van der Waals surface area contributed by atoms with E-state index in [0.717, 1.165) is 25.0 Å². The van der Waals surface area contributed by atoms with E-state index in [1.54, 1.807) is 0 Å². The molecule has 0 aromatic rings. The summed E-state index contributed by atoms with van der Waals surface area (Å²) in [7, 11) is 4.07. The van der Waals surface area contributed by atoms with Crippen molar-refractivity contribution >= 4 is 5.96 Å². The van der Waals surface area contributed by atoms with Gasteiger partial charge in [-0.05, 0) is 45.3 Å². The number of likely N-dealkylation sites (tertiary alicyclic amines) is 1. The Balaban J connectivity index is 2.08. The van der Waals surface area contributed by atoms with Crippen molar-refractivity contribution in [3.05, 3.63) is 0 Å². The molecule has 0 aliphatic carbocycles. The van der Waals surface area contributed by atoms with Crippen molar-refractivity contribution in [3.8, 4) is 0 Å². The third-order valence-electron chi connectivity index (χ3n) is 3.94. The van der Waals surface area contributed by atoms with Gasteiger partial charge in [0.2, 0.25) is 0 Å². The van der Waals surface area contributed by atoms with Gasteiger partial charge in [-0.2, -0.15) is 0 Å². The lowest BCUT2D eigenvalue weighted by molar-refractivity contribution is 0.220. The van der Waals surface area contributed by atoms with E-state index in [9.17, 15) is 0 Å². The smallest absolute Gasteiger partial charge is 0.190 e. The van der Waals surface area contributed by atoms with E-state index in [0.29, 0.717) is 0 Å². The molecule has 1 aliphatic heterocycles. The van der Waals surface area contributed by atoms with Gasteiger partial charge in [-0.1, -0.05) is 26.2 Å². The molecule has 112 valence electrons. The van der Waals surface area contributed by atoms with Crippen molar-refractivity contribution in [3.63, 3.8) is 0 Å². The van der Waals surface area contributed by atoms with Crippen LogP contribution in [0.25, 0.3) is 0 Å². The van der Waals surface area contributed by atoms with Crippen LogP contribution in [0.15, 0.2) is 4.99 Å². The first kappa shape index (κ1) is 16.3. The van der Waals surface area contributed by atoms with Crippen LogP contribution in [0.1, 0.15) is 45.4 Å². The number of hydrogen-bond donors (Lipinski definition) is 2. The van der Waals surface area contributed by atoms with Gasteiger partial charge in [0.05, 0.1) is 0 Å². The molecule has 0 bridgehead atoms. The minimum Gasteiger partial charge on any atom is -0.356 e. The van der Waals surface area contributed by atoms with Gasteiger partial charge < -0.3 is 15.5 Å². The van der Waals surface area contributed by atoms with Crippen molar-refractivity contribution in [1.29, 1.82) is 0 Å². The molecular formula is C15H32N4. The summed E-state index contributed by atoms with van der Waals surface area (Å²) in [6.45, 7) is 6.80. The van der Waals surface area contributed by atoms with E-state index >= 15 is 0 Å². The van der Waals surface area contributed by atoms with Crippen molar-refractivity contribution in [2.45, 2.75) is 45.4 Å². The Kier molecular flexibility index (Phi) is 8.63. The largest absolute Gasteiger partial charge is 0.356 e. The van der Waals surface area contributed by atoms with Gasteiger partial charge in [-0.25, -0.2) is 0 Å². The van der Waals surface area contributed by atoms with E-state index in [2.05, 4.69) is 34.5 Å². The fraction of sp³-hybridized carbons (Fsp3) is 0.933. The van der Waals surface area contributed by atoms with E-state index in [4.69, 9.17) is 0 Å². The van der Waals surface area contributed by atoms with Crippen LogP contribution in [0.3, 0.4) is 0 Å². The predicted octanol–water partition coefficient (Wildman–Crippen LogP) is 2.07. The molecule has 0 aromatic carbocycles. The molecule has 0 aromatic heterocycles. The molecule has 0 saturated carbocycles. The summed E-state index contributed by atoms with van der Waals surface area (Å²) in [4.78, 5) is 6.70. The normalized spacial score (nSPS) is 18.6. The summed E-state index contributed by atoms with van der Waals surface area (Å²) >= 11 is 0. The van der Waals surface area contributed by atoms with E-state index in [1.807, 2.05) is 7.05 Å². The summed E-state index contributed by atoms with van der Waals surface area (Å²) in [6, 6.07) is 0. The van der Waals surface area contributed by atoms with E-state index in [1.165, 1.54) is 51.6 Å². The van der Waals surface area contributed by atoms with Gasteiger partial charge in [0.15, 0.2) is 5.96 Å². The average molecular weight is 268 g/mol. The molecule has 1 aliphatic rings. The summed E-state index contributed by atoms with van der Waals surface area (Å²) < 4.78 is 0. The Morgan fingerprint density at radius 1 is 1.16 bits per heavy atom. The lowest BCUT2D eigenvalue weighted by atomic mass is 9.97. The van der Waals surface area contributed by atoms with Gasteiger partial charge >= 0.3 is 0 Å². The van der Waals surface area contributed by atoms with Crippen LogP contribution in [0, 0.1) is 5.92 Å². The minimum absolute atomic E-state index is 0.801. The number of rotatable bonds is 7. The molecule has 1 heterocycles. The fourth-order valence-electron chi connectivity index (χ4n) is 2.49. The Morgan fingerprint density at radius 2 is 1.89 bits per heavy atom. The minimum atomic E-state index is 0.801. The first-order valence-corrected chi connectivity index (χ1v) is 7.89. The highest BCUT2D eigenvalue weighted by Crippen LogP contribution is 2.14. The number of guanidine groups is 1. The van der Waals surface area contributed by atoms with Gasteiger partial charge in [0.1, 0.15) is 0 Å². The maximum absolute atomic E-state index is 4.29. The first-order valence-electron chi connectivity index (χ1n) is 7.89. The molecule has 0 spiro atoms. The lowest BCUT2D eigenvalue weighted by Crippen LogP contribution is -2.42. The molecule has 19 heavy (non-hydrogen) atoms. The quantitative estimate of drug-likeness (QED) is 0.422. The molecule has 4 heteroatoms. The van der Waals surface area contributed by atoms with Gasteiger partial charge in [-0.3, -0.25) is 4.99 Å². The molecule has 1 saturated heterocycles. The van der Waals surface area contributed by atoms with Crippen LogP contribution < -0.4 is 10.6 Å². The van der Waals surface area contributed by atoms with Crippen molar-refractivity contribution in [2.75, 3.05) is 40.3 Å². The zero-order valence-corrected chi connectivity index (χ0v) is 13.0. The Morgan fingerprint density at radius 3 is 2.53 bits per heavy atom. The Hall–Kier alpha value is -0.770. The van der Waals surface area contributed by atoms with Crippen molar-refractivity contribution in [1.82, 2.24) is 15.5 Å². The molecule has 0 atom stereocenters. The van der Waals surface area contributed by atoms with Gasteiger partial charge in [0.25, 0.3) is 0 Å². The standard InChI is InChI=1S/C15H32N4/c1-4-5-6-7-10-17-15(16-2)18-13-14-8-11-19(3)12-9-14/h14H,4-13H2,1-3H3,(H2,16,17,18). The SMILES string of the molecule is CCCCCCNC(=NC)NCC1CCN(C)CC1. The summed E-state index contributed by atoms with van der Waals surface area (Å²) in [5.74, 6) is 1.77. The molecule has 1 fully saturated rings. The zero-order chi connectivity index (χ0) is 13.9. The molecule has 0 radical (unpaired) electrons. The van der Waals surface area contributed by atoms with Crippen LogP contribution in [-0.2, 0) is 0 Å². The summed E-state index contributed by atoms with van der Waals surface area (Å²) in [5, 5.41) is 6.87. The monoisotopic (exact) mass is 268 g/mol. The Bertz CT molecular complexity index is 245. The molecular weight excluding hydrogens is 236 g/mol. The van der Waals surface area contributed by atoms with Crippen LogP contribution in [0.5, 0.6) is 0 Å². The molecule has 1 rings (SSSR count). The van der Waals surface area contributed by atoms with E-state index < -0.39 is 0 Å². The van der Waals surface area contributed by atoms with Crippen LogP contribution in [0.2, 0.25) is 0 Å².